The topological polar surface area (TPSA) is 83.0 Å². The van der Waals surface area contributed by atoms with E-state index in [0.29, 0.717) is 5.02 Å². The summed E-state index contributed by atoms with van der Waals surface area (Å²) < 4.78 is 0. The number of rotatable bonds is 3. The molecule has 0 bridgehead atoms. The maximum absolute atomic E-state index is 10.8. The van der Waals surface area contributed by atoms with Gasteiger partial charge in [-0.3, -0.25) is 5.43 Å². The van der Waals surface area contributed by atoms with Gasteiger partial charge < -0.3 is 0 Å². The molecule has 0 spiro atoms. The van der Waals surface area contributed by atoms with Crippen LogP contribution in [0.1, 0.15) is 5.56 Å². The molecule has 2 N–H and O–H groups in total. The Morgan fingerprint density at radius 1 is 1.41 bits per heavy atom. The molecule has 0 saturated carbocycles. The van der Waals surface area contributed by atoms with Gasteiger partial charge >= 0.3 is 5.69 Å². The third-order valence-electron chi connectivity index (χ3n) is 1.86. The van der Waals surface area contributed by atoms with Crippen molar-refractivity contribution in [3.05, 3.63) is 51.5 Å². The molecule has 0 aliphatic heterocycles. The van der Waals surface area contributed by atoms with E-state index in [1.807, 2.05) is 18.2 Å². The summed E-state index contributed by atoms with van der Waals surface area (Å²) in [5.41, 5.74) is 2.80. The average Bonchev–Trinajstić information content (AvgIpc) is 2.32. The summed E-state index contributed by atoms with van der Waals surface area (Å²) in [5.74, 6) is 0.261. The average molecular weight is 250 g/mol. The molecule has 0 amide bonds. The Kier molecular flexibility index (Phi) is 3.46. The fourth-order valence-corrected chi connectivity index (χ4v) is 1.30. The molecule has 17 heavy (non-hydrogen) atoms. The van der Waals surface area contributed by atoms with Crippen LogP contribution in [0.3, 0.4) is 0 Å². The van der Waals surface area contributed by atoms with Gasteiger partial charge in [-0.2, -0.15) is 15.2 Å². The summed E-state index contributed by atoms with van der Waals surface area (Å²) in [4.78, 5) is 14.4. The molecule has 0 fully saturated rings. The van der Waals surface area contributed by atoms with Gasteiger partial charge in [0.15, 0.2) is 5.82 Å². The number of hydrogen-bond donors (Lipinski definition) is 2. The molecule has 6 nitrogen and oxygen atoms in total. The van der Waals surface area contributed by atoms with E-state index < -0.39 is 5.69 Å². The van der Waals surface area contributed by atoms with Crippen LogP contribution in [-0.2, 0) is 0 Å². The van der Waals surface area contributed by atoms with Gasteiger partial charge in [-0.05, 0) is 6.07 Å². The van der Waals surface area contributed by atoms with Crippen LogP contribution in [0, 0.1) is 0 Å². The van der Waals surface area contributed by atoms with Gasteiger partial charge in [-0.25, -0.2) is 9.89 Å². The number of hydrogen-bond acceptors (Lipinski definition) is 5. The molecule has 1 aromatic heterocycles. The molecule has 0 radical (unpaired) electrons. The van der Waals surface area contributed by atoms with E-state index in [0.717, 1.165) is 5.56 Å². The fraction of sp³-hybridized carbons (Fsp3) is 0. The van der Waals surface area contributed by atoms with Gasteiger partial charge in [0.25, 0.3) is 0 Å². The first-order valence-corrected chi connectivity index (χ1v) is 5.09. The molecular formula is C10H8ClN5O. The quantitative estimate of drug-likeness (QED) is 0.634. The zero-order valence-electron chi connectivity index (χ0n) is 8.59. The maximum atomic E-state index is 10.8. The molecular weight excluding hydrogens is 242 g/mol. The van der Waals surface area contributed by atoms with Crippen LogP contribution in [0.5, 0.6) is 0 Å². The second-order valence-electron chi connectivity index (χ2n) is 3.06. The Hall–Kier alpha value is -2.21. The van der Waals surface area contributed by atoms with Crippen LogP contribution in [-0.4, -0.2) is 21.4 Å². The first kappa shape index (κ1) is 11.3. The van der Waals surface area contributed by atoms with Crippen LogP contribution >= 0.6 is 11.6 Å². The highest BCUT2D eigenvalue weighted by Crippen LogP contribution is 2.12. The molecule has 0 aliphatic carbocycles. The predicted octanol–water partition coefficient (Wildman–Crippen LogP) is 1.26. The van der Waals surface area contributed by atoms with Gasteiger partial charge in [-0.15, -0.1) is 0 Å². The van der Waals surface area contributed by atoms with Crippen molar-refractivity contribution in [3.8, 4) is 0 Å². The molecule has 2 aromatic rings. The molecule has 7 heteroatoms. The van der Waals surface area contributed by atoms with Crippen LogP contribution in [0.2, 0.25) is 5.02 Å². The summed E-state index contributed by atoms with van der Waals surface area (Å²) >= 11 is 5.93. The summed E-state index contributed by atoms with van der Waals surface area (Å²) in [6.07, 6.45) is 2.89. The van der Waals surface area contributed by atoms with E-state index >= 15 is 0 Å². The number of hydrazone groups is 1. The third kappa shape index (κ3) is 3.12. The molecule has 0 atom stereocenters. The highest BCUT2D eigenvalue weighted by molar-refractivity contribution is 6.33. The minimum Gasteiger partial charge on any atom is -0.260 e. The van der Waals surface area contributed by atoms with Crippen molar-refractivity contribution in [2.75, 3.05) is 5.43 Å². The van der Waals surface area contributed by atoms with Gasteiger partial charge in [0, 0.05) is 10.6 Å². The van der Waals surface area contributed by atoms with Crippen molar-refractivity contribution in [2.45, 2.75) is 0 Å². The smallest absolute Gasteiger partial charge is 0.260 e. The zero-order valence-corrected chi connectivity index (χ0v) is 9.35. The molecule has 1 heterocycles. The molecule has 0 aliphatic rings. The van der Waals surface area contributed by atoms with Crippen LogP contribution in [0.25, 0.3) is 0 Å². The third-order valence-corrected chi connectivity index (χ3v) is 2.20. The normalized spacial score (nSPS) is 10.6. The summed E-state index contributed by atoms with van der Waals surface area (Å²) in [5, 5.41) is 10.2. The maximum Gasteiger partial charge on any atom is 0.363 e. The number of nitrogens with zero attached hydrogens (tertiary/aromatic N) is 3. The number of anilines is 1. The Morgan fingerprint density at radius 2 is 2.24 bits per heavy atom. The van der Waals surface area contributed by atoms with Crippen molar-refractivity contribution in [1.82, 2.24) is 15.2 Å². The highest BCUT2D eigenvalue weighted by atomic mass is 35.5. The van der Waals surface area contributed by atoms with Gasteiger partial charge in [0.2, 0.25) is 0 Å². The van der Waals surface area contributed by atoms with Crippen molar-refractivity contribution in [3.63, 3.8) is 0 Å². The Balaban J connectivity index is 2.08. The van der Waals surface area contributed by atoms with Crippen LogP contribution in [0.15, 0.2) is 40.4 Å². The van der Waals surface area contributed by atoms with Crippen molar-refractivity contribution < 1.29 is 0 Å². The number of aromatic nitrogens is 3. The number of H-pyrrole nitrogens is 1. The summed E-state index contributed by atoms with van der Waals surface area (Å²) in [6, 6.07) is 7.25. The standard InChI is InChI=1S/C10H8ClN5O/c11-8-4-2-1-3-7(8)5-12-15-9-6-13-16-10(17)14-9/h1-6H,(H2,14,15,16,17)/b12-5+. The summed E-state index contributed by atoms with van der Waals surface area (Å²) in [7, 11) is 0. The SMILES string of the molecule is O=c1nc(N/N=C/c2ccccc2Cl)cn[nH]1. The van der Waals surface area contributed by atoms with E-state index in [1.165, 1.54) is 12.4 Å². The number of halogens is 1. The van der Waals surface area contributed by atoms with Crippen molar-refractivity contribution in [2.24, 2.45) is 5.10 Å². The second kappa shape index (κ2) is 5.22. The van der Waals surface area contributed by atoms with E-state index in [1.54, 1.807) is 6.07 Å². The molecule has 2 rings (SSSR count). The molecule has 0 saturated heterocycles. The van der Waals surface area contributed by atoms with Crippen LogP contribution < -0.4 is 11.1 Å². The summed E-state index contributed by atoms with van der Waals surface area (Å²) in [6.45, 7) is 0. The number of aromatic amines is 1. The lowest BCUT2D eigenvalue weighted by molar-refractivity contribution is 0.913. The minimum atomic E-state index is -0.539. The Bertz CT molecular complexity index is 595. The van der Waals surface area contributed by atoms with Crippen molar-refractivity contribution >= 4 is 23.6 Å². The largest absolute Gasteiger partial charge is 0.363 e. The molecule has 86 valence electrons. The van der Waals surface area contributed by atoms with Gasteiger partial charge in [0.1, 0.15) is 0 Å². The van der Waals surface area contributed by atoms with Crippen LogP contribution in [0.4, 0.5) is 5.82 Å². The van der Waals surface area contributed by atoms with Gasteiger partial charge in [-0.1, -0.05) is 29.8 Å². The lowest BCUT2D eigenvalue weighted by Crippen LogP contribution is -2.13. The minimum absolute atomic E-state index is 0.261. The lowest BCUT2D eigenvalue weighted by atomic mass is 10.2. The van der Waals surface area contributed by atoms with E-state index in [-0.39, 0.29) is 5.82 Å². The highest BCUT2D eigenvalue weighted by Gasteiger charge is 1.95. The monoisotopic (exact) mass is 249 g/mol. The second-order valence-corrected chi connectivity index (χ2v) is 3.47. The number of nitrogens with one attached hydrogen (secondary N) is 2. The lowest BCUT2D eigenvalue weighted by Gasteiger charge is -1.97. The van der Waals surface area contributed by atoms with E-state index in [9.17, 15) is 4.79 Å². The first-order chi connectivity index (χ1) is 8.25. The predicted molar refractivity (Wildman–Crippen MR) is 65.3 cm³/mol. The van der Waals surface area contributed by atoms with E-state index in [4.69, 9.17) is 11.6 Å². The van der Waals surface area contributed by atoms with Gasteiger partial charge in [0.05, 0.1) is 12.4 Å². The number of benzene rings is 1. The molecule has 0 unspecified atom stereocenters. The zero-order chi connectivity index (χ0) is 12.1. The Labute approximate surface area is 101 Å². The fourth-order valence-electron chi connectivity index (χ4n) is 1.11. The molecule has 1 aromatic carbocycles. The van der Waals surface area contributed by atoms with Crippen molar-refractivity contribution in [1.29, 1.82) is 0 Å². The Morgan fingerprint density at radius 3 is 3.00 bits per heavy atom. The first-order valence-electron chi connectivity index (χ1n) is 4.71. The van der Waals surface area contributed by atoms with E-state index in [2.05, 4.69) is 25.7 Å².